The summed E-state index contributed by atoms with van der Waals surface area (Å²) in [5.74, 6) is -3.35. The number of thioether (sulfide) groups is 1. The number of allylic oxidation sites excluding steroid dienone is 1. The maximum atomic E-state index is 14.2. The summed E-state index contributed by atoms with van der Waals surface area (Å²) < 4.78 is 36.4. The zero-order chi connectivity index (χ0) is 59.0. The minimum atomic E-state index is -4.69. The third-order valence-electron chi connectivity index (χ3n) is 16.4. The van der Waals surface area contributed by atoms with Crippen molar-refractivity contribution in [2.45, 2.75) is 74.6 Å². The fraction of sp³-hybridized carbons (Fsp3) is 0.350. The predicted octanol–water partition coefficient (Wildman–Crippen LogP) is 8.67. The number of H-pyrrole nitrogens is 1. The molecule has 6 amide bonds. The fourth-order valence-electron chi connectivity index (χ4n) is 11.7. The zero-order valence-electron chi connectivity index (χ0n) is 46.2. The summed E-state index contributed by atoms with van der Waals surface area (Å²) in [5.41, 5.74) is 5.30. The number of carbonyl (C=O) groups is 6. The predicted molar refractivity (Wildman–Crippen MR) is 317 cm³/mol. The smallest absolute Gasteiger partial charge is 0.293 e. The number of sulfonamides is 1. The van der Waals surface area contributed by atoms with Gasteiger partial charge in [0.15, 0.2) is 0 Å². The highest BCUT2D eigenvalue weighted by molar-refractivity contribution is 8.00. The number of nitrogens with one attached hydrogen (secondary N) is 4. The third-order valence-corrected chi connectivity index (χ3v) is 19.0. The van der Waals surface area contributed by atoms with Crippen molar-refractivity contribution in [3.63, 3.8) is 0 Å². The van der Waals surface area contributed by atoms with Crippen molar-refractivity contribution in [3.8, 4) is 11.5 Å². The van der Waals surface area contributed by atoms with E-state index in [2.05, 4.69) is 61.1 Å². The summed E-state index contributed by atoms with van der Waals surface area (Å²) in [5, 5.41) is 19.2. The van der Waals surface area contributed by atoms with Crippen LogP contribution < -0.4 is 25.0 Å². The number of rotatable bonds is 17. The molecule has 1 atom stereocenters. The van der Waals surface area contributed by atoms with E-state index in [0.29, 0.717) is 60.3 Å². The minimum absolute atomic E-state index is 0.00925. The van der Waals surface area contributed by atoms with Crippen LogP contribution in [-0.4, -0.2) is 138 Å². The molecule has 2 aromatic heterocycles. The number of likely N-dealkylation sites (tertiary alicyclic amines) is 1. The molecule has 6 aromatic rings. The van der Waals surface area contributed by atoms with E-state index >= 15 is 0 Å². The van der Waals surface area contributed by atoms with E-state index in [1.165, 1.54) is 47.2 Å². The van der Waals surface area contributed by atoms with E-state index in [-0.39, 0.29) is 70.5 Å². The number of anilines is 2. The van der Waals surface area contributed by atoms with Crippen LogP contribution in [0.5, 0.6) is 11.5 Å². The molecule has 21 nitrogen and oxygen atoms in total. The van der Waals surface area contributed by atoms with Crippen LogP contribution in [0.1, 0.15) is 95.4 Å². The summed E-state index contributed by atoms with van der Waals surface area (Å²) in [4.78, 5) is 105. The number of imide groups is 2. The Balaban J connectivity index is 0.714. The van der Waals surface area contributed by atoms with Gasteiger partial charge in [-0.25, -0.2) is 18.1 Å². The lowest BCUT2D eigenvalue weighted by Gasteiger charge is -2.39. The number of aromatic amines is 1. The molecule has 3 fully saturated rings. The fourth-order valence-corrected chi connectivity index (χ4v) is 13.8. The summed E-state index contributed by atoms with van der Waals surface area (Å²) in [6, 6.07) is 23.6. The SMILES string of the molecule is CC1(C)CCC(CN2CCN(c3ccc(C(=O)NS(=O)(=O)c4ccc(NCC5CCN(C(=O)CSc6cccc7c6C(=O)N(C6CCC(=O)NC6=O)C7=O)CC5)c([N+](=O)[O-])c4)c(Oc4cnc5[nH]ccc5c4)c3)CC2)=C(c2ccc(Cl)cc2)C1. The molecule has 3 saturated heterocycles. The Morgan fingerprint density at radius 1 is 0.905 bits per heavy atom. The Labute approximate surface area is 493 Å². The molecule has 0 bridgehead atoms. The van der Waals surface area contributed by atoms with Gasteiger partial charge < -0.3 is 24.8 Å². The molecule has 4 aromatic carbocycles. The topological polar surface area (TPSA) is 267 Å². The second kappa shape index (κ2) is 23.9. The van der Waals surface area contributed by atoms with Gasteiger partial charge in [-0.1, -0.05) is 49.2 Å². The van der Waals surface area contributed by atoms with Crippen molar-refractivity contribution in [1.82, 2.24) is 34.7 Å². The summed E-state index contributed by atoms with van der Waals surface area (Å²) in [6.45, 7) is 9.46. The molecule has 0 radical (unpaired) electrons. The van der Waals surface area contributed by atoms with Gasteiger partial charge in [0.05, 0.1) is 38.5 Å². The average Bonchev–Trinajstić information content (AvgIpc) is 2.70. The van der Waals surface area contributed by atoms with E-state index in [9.17, 15) is 47.3 Å². The Hall–Kier alpha value is -8.12. The van der Waals surface area contributed by atoms with Gasteiger partial charge >= 0.3 is 0 Å². The Kier molecular flexibility index (Phi) is 16.4. The van der Waals surface area contributed by atoms with Gasteiger partial charge in [-0.15, -0.1) is 11.8 Å². The average molecular weight is 1200 g/mol. The first-order valence-corrected chi connectivity index (χ1v) is 30.7. The van der Waals surface area contributed by atoms with E-state index in [1.807, 2.05) is 18.2 Å². The molecule has 1 unspecified atom stereocenters. The number of hydrogen-bond donors (Lipinski definition) is 4. The molecule has 84 heavy (non-hydrogen) atoms. The largest absolute Gasteiger partial charge is 0.455 e. The lowest BCUT2D eigenvalue weighted by atomic mass is 9.72. The third kappa shape index (κ3) is 12.4. The number of fused-ring (bicyclic) bond motifs is 2. The molecule has 1 aliphatic carbocycles. The van der Waals surface area contributed by atoms with Crippen LogP contribution in [0.15, 0.2) is 119 Å². The number of nitro benzene ring substituents is 1. The highest BCUT2D eigenvalue weighted by Gasteiger charge is 2.46. The number of halogens is 1. The van der Waals surface area contributed by atoms with Gasteiger partial charge in [0.2, 0.25) is 17.7 Å². The van der Waals surface area contributed by atoms with Crippen molar-refractivity contribution < 1.29 is 46.8 Å². The van der Waals surface area contributed by atoms with Crippen LogP contribution in [0.2, 0.25) is 5.02 Å². The molecule has 11 rings (SSSR count). The van der Waals surface area contributed by atoms with Crippen LogP contribution in [-0.2, 0) is 24.4 Å². The number of piperazine rings is 1. The highest BCUT2D eigenvalue weighted by atomic mass is 35.5. The quantitative estimate of drug-likeness (QED) is 0.0288. The standard InChI is InChI=1S/C60H61ClN10O11S2/c1-60(2)20-16-39(46(31-60)37-6-8-40(61)9-7-37)34-67-24-26-68(27-25-67)41-10-12-44(50(29-41)82-42-28-38-17-21-62-55(38)64-33-42)56(74)66-84(80,81)43-11-13-47(49(30-43)71(78)79)63-32-36-18-22-69(23-19-36)53(73)35-83-51-5-3-4-45-54(51)59(77)70(58(45)76)48-14-15-52(72)65-57(48)75/h3-13,17,21,28-30,33,36,48,63H,14-16,18-20,22-27,31-32,34-35H2,1-2H3,(H,62,64)(H,66,74)(H,65,72,75). The van der Waals surface area contributed by atoms with Gasteiger partial charge in [-0.2, -0.15) is 0 Å². The maximum absolute atomic E-state index is 14.2. The van der Waals surface area contributed by atoms with E-state index in [4.69, 9.17) is 16.3 Å². The van der Waals surface area contributed by atoms with Crippen molar-refractivity contribution >= 4 is 102 Å². The number of benzene rings is 4. The van der Waals surface area contributed by atoms with Gasteiger partial charge in [0.25, 0.3) is 33.4 Å². The van der Waals surface area contributed by atoms with Crippen molar-refractivity contribution in [1.29, 1.82) is 0 Å². The number of carbonyl (C=O) groups excluding carboxylic acids is 6. The first kappa shape index (κ1) is 57.7. The number of nitrogens with zero attached hydrogens (tertiary/aromatic N) is 6. The number of nitro groups is 1. The van der Waals surface area contributed by atoms with Crippen LogP contribution in [0.3, 0.4) is 0 Å². The summed E-state index contributed by atoms with van der Waals surface area (Å²) >= 11 is 7.37. The highest BCUT2D eigenvalue weighted by Crippen LogP contribution is 2.44. The van der Waals surface area contributed by atoms with Crippen LogP contribution in [0, 0.1) is 21.4 Å². The normalized spacial score (nSPS) is 18.7. The van der Waals surface area contributed by atoms with E-state index < -0.39 is 61.1 Å². The lowest BCUT2D eigenvalue weighted by Crippen LogP contribution is -2.54. The van der Waals surface area contributed by atoms with Crippen LogP contribution in [0.4, 0.5) is 17.1 Å². The molecular formula is C60H61ClN10O11S2. The Morgan fingerprint density at radius 2 is 1.68 bits per heavy atom. The molecule has 4 aliphatic heterocycles. The zero-order valence-corrected chi connectivity index (χ0v) is 48.5. The van der Waals surface area contributed by atoms with Gasteiger partial charge in [0.1, 0.15) is 28.9 Å². The van der Waals surface area contributed by atoms with E-state index in [1.54, 1.807) is 41.4 Å². The van der Waals surface area contributed by atoms with Gasteiger partial charge in [0, 0.05) is 98.1 Å². The lowest BCUT2D eigenvalue weighted by molar-refractivity contribution is -0.384. The van der Waals surface area contributed by atoms with Gasteiger partial charge in [-0.05, 0) is 122 Å². The minimum Gasteiger partial charge on any atom is -0.455 e. The molecule has 4 N–H and O–H groups in total. The number of amides is 6. The summed E-state index contributed by atoms with van der Waals surface area (Å²) in [6.07, 6.45) is 7.46. The van der Waals surface area contributed by atoms with E-state index in [0.717, 1.165) is 72.7 Å². The maximum Gasteiger partial charge on any atom is 0.293 e. The Bertz CT molecular complexity index is 3800. The number of aromatic nitrogens is 2. The number of ether oxygens (including phenoxy) is 1. The second-order valence-corrected chi connectivity index (χ2v) is 25.7. The summed E-state index contributed by atoms with van der Waals surface area (Å²) in [7, 11) is -4.69. The van der Waals surface area contributed by atoms with Gasteiger partial charge in [-0.3, -0.25) is 54.0 Å². The monoisotopic (exact) mass is 1200 g/mol. The molecule has 436 valence electrons. The molecule has 6 heterocycles. The second-order valence-electron chi connectivity index (χ2n) is 22.6. The van der Waals surface area contributed by atoms with Crippen LogP contribution >= 0.6 is 23.4 Å². The first-order chi connectivity index (χ1) is 40.3. The molecular weight excluding hydrogens is 1140 g/mol. The molecule has 24 heteroatoms. The Morgan fingerprint density at radius 3 is 2.43 bits per heavy atom. The number of piperidine rings is 2. The van der Waals surface area contributed by atoms with Crippen molar-refractivity contribution in [2.24, 2.45) is 11.3 Å². The first-order valence-electron chi connectivity index (χ1n) is 27.8. The number of pyridine rings is 1. The number of hydrogen-bond acceptors (Lipinski definition) is 16. The molecule has 0 saturated carbocycles. The van der Waals surface area contributed by atoms with Crippen LogP contribution in [0.25, 0.3) is 16.6 Å². The molecule has 0 spiro atoms. The van der Waals surface area contributed by atoms with Crippen molar-refractivity contribution in [3.05, 3.63) is 146 Å². The van der Waals surface area contributed by atoms with Crippen molar-refractivity contribution in [2.75, 3.05) is 68.3 Å². The molecule has 5 aliphatic rings.